The summed E-state index contributed by atoms with van der Waals surface area (Å²) in [4.78, 5) is 4.94. The van der Waals surface area contributed by atoms with Gasteiger partial charge < -0.3 is 5.73 Å². The number of benzene rings is 2. The number of nitrogens with zero attached hydrogens (tertiary/aromatic N) is 1. The van der Waals surface area contributed by atoms with E-state index in [4.69, 9.17) is 18.6 Å². The van der Waals surface area contributed by atoms with E-state index < -0.39 is 0 Å². The van der Waals surface area contributed by atoms with Gasteiger partial charge in [0.1, 0.15) is 7.85 Å². The molecule has 2 N–H and O–H groups in total. The summed E-state index contributed by atoms with van der Waals surface area (Å²) in [6.07, 6.45) is 5.82. The second kappa shape index (κ2) is 8.31. The lowest BCUT2D eigenvalue weighted by molar-refractivity contribution is 0.648. The summed E-state index contributed by atoms with van der Waals surface area (Å²) >= 11 is 0. The van der Waals surface area contributed by atoms with Crippen LogP contribution >= 0.6 is 0 Å². The minimum Gasteiger partial charge on any atom is -0.330 e. The van der Waals surface area contributed by atoms with Gasteiger partial charge in [-0.25, -0.2) is 4.98 Å². The Balaban J connectivity index is 1.95. The largest absolute Gasteiger partial charge is 0.330 e. The van der Waals surface area contributed by atoms with Gasteiger partial charge in [-0.2, -0.15) is 0 Å². The summed E-state index contributed by atoms with van der Waals surface area (Å²) in [6.45, 7) is 2.92. The van der Waals surface area contributed by atoms with Gasteiger partial charge in [-0.1, -0.05) is 60.8 Å². The molecule has 3 rings (SSSR count). The third-order valence-corrected chi connectivity index (χ3v) is 4.73. The second-order valence-electron chi connectivity index (χ2n) is 6.71. The molecule has 1 heterocycles. The van der Waals surface area contributed by atoms with Crippen molar-refractivity contribution in [1.82, 2.24) is 4.98 Å². The number of fused-ring (bicyclic) bond motifs is 1. The van der Waals surface area contributed by atoms with Crippen LogP contribution in [0.5, 0.6) is 0 Å². The van der Waals surface area contributed by atoms with E-state index >= 15 is 0 Å². The highest BCUT2D eigenvalue weighted by atomic mass is 14.7. The summed E-state index contributed by atoms with van der Waals surface area (Å²) in [6, 6.07) is 16.7. The third kappa shape index (κ3) is 4.29. The van der Waals surface area contributed by atoms with Crippen LogP contribution in [0.4, 0.5) is 0 Å². The van der Waals surface area contributed by atoms with Crippen LogP contribution in [0, 0.1) is 6.92 Å². The molecule has 0 saturated carbocycles. The first-order valence-electron chi connectivity index (χ1n) is 9.14. The quantitative estimate of drug-likeness (QED) is 0.525. The Morgan fingerprint density at radius 2 is 1.72 bits per heavy atom. The number of aryl methyl sites for hydroxylation is 2. The fourth-order valence-corrected chi connectivity index (χ4v) is 3.28. The lowest BCUT2D eigenvalue weighted by Crippen LogP contribution is -2.00. The van der Waals surface area contributed by atoms with Crippen LogP contribution in [-0.2, 0) is 6.42 Å². The summed E-state index contributed by atoms with van der Waals surface area (Å²) in [5.74, 6) is 0. The van der Waals surface area contributed by atoms with Gasteiger partial charge in [0.2, 0.25) is 0 Å². The number of aromatic nitrogens is 1. The molecular weight excluding hydrogens is 303 g/mol. The van der Waals surface area contributed by atoms with Crippen molar-refractivity contribution < 1.29 is 0 Å². The van der Waals surface area contributed by atoms with Crippen LogP contribution < -0.4 is 11.2 Å². The minimum atomic E-state index is 0.779. The smallest absolute Gasteiger partial charge is 0.113 e. The van der Waals surface area contributed by atoms with E-state index in [0.717, 1.165) is 41.6 Å². The fraction of sp³-hybridized carbons (Fsp3) is 0.318. The van der Waals surface area contributed by atoms with Crippen LogP contribution in [0.25, 0.3) is 22.2 Å². The van der Waals surface area contributed by atoms with Crippen molar-refractivity contribution in [2.75, 3.05) is 6.54 Å². The summed E-state index contributed by atoms with van der Waals surface area (Å²) in [5, 5.41) is 1.28. The first-order valence-corrected chi connectivity index (χ1v) is 9.14. The lowest BCUT2D eigenvalue weighted by Gasteiger charge is -2.12. The van der Waals surface area contributed by atoms with Crippen molar-refractivity contribution in [3.8, 4) is 11.3 Å². The van der Waals surface area contributed by atoms with Gasteiger partial charge >= 0.3 is 0 Å². The first-order chi connectivity index (χ1) is 12.2. The Morgan fingerprint density at radius 1 is 0.960 bits per heavy atom. The number of para-hydroxylation sites is 1. The molecule has 0 aliphatic rings. The van der Waals surface area contributed by atoms with Crippen molar-refractivity contribution in [1.29, 1.82) is 0 Å². The van der Waals surface area contributed by atoms with E-state index in [1.165, 1.54) is 35.8 Å². The molecule has 1 aromatic heterocycles. The van der Waals surface area contributed by atoms with Crippen molar-refractivity contribution in [3.05, 3.63) is 59.7 Å². The summed E-state index contributed by atoms with van der Waals surface area (Å²) in [7, 11) is 5.83. The zero-order valence-corrected chi connectivity index (χ0v) is 15.0. The number of hydrogen-bond acceptors (Lipinski definition) is 2. The summed E-state index contributed by atoms with van der Waals surface area (Å²) in [5.41, 5.74) is 12.2. The van der Waals surface area contributed by atoms with Crippen molar-refractivity contribution >= 4 is 24.2 Å². The Bertz CT molecular complexity index is 841. The molecule has 25 heavy (non-hydrogen) atoms. The highest BCUT2D eigenvalue weighted by Crippen LogP contribution is 2.27. The van der Waals surface area contributed by atoms with E-state index in [0.29, 0.717) is 0 Å². The molecule has 0 atom stereocenters. The lowest BCUT2D eigenvalue weighted by atomic mass is 9.93. The molecule has 3 aromatic rings. The van der Waals surface area contributed by atoms with Gasteiger partial charge in [0.05, 0.1) is 11.2 Å². The molecule has 0 spiro atoms. The molecule has 0 fully saturated rings. The van der Waals surface area contributed by atoms with Gasteiger partial charge in [0.25, 0.3) is 0 Å². The van der Waals surface area contributed by atoms with Gasteiger partial charge in [-0.3, -0.25) is 0 Å². The highest BCUT2D eigenvalue weighted by Gasteiger charge is 2.09. The SMILES string of the molecule is [B]c1ccc(-c2cc(CCCCCCN)c3cccc(C)c3n2)cc1. The molecule has 3 heteroatoms. The van der Waals surface area contributed by atoms with Crippen molar-refractivity contribution in [2.45, 2.75) is 39.0 Å². The normalized spacial score (nSPS) is 11.1. The molecule has 2 aromatic carbocycles. The number of pyridine rings is 1. The molecule has 0 unspecified atom stereocenters. The molecule has 2 radical (unpaired) electrons. The predicted molar refractivity (Wildman–Crippen MR) is 109 cm³/mol. The first kappa shape index (κ1) is 17.7. The van der Waals surface area contributed by atoms with Crippen LogP contribution in [0.3, 0.4) is 0 Å². The molecule has 0 aliphatic heterocycles. The molecule has 0 amide bonds. The average Bonchev–Trinajstić information content (AvgIpc) is 2.62. The second-order valence-corrected chi connectivity index (χ2v) is 6.71. The van der Waals surface area contributed by atoms with E-state index in [-0.39, 0.29) is 0 Å². The Hall–Kier alpha value is -2.13. The minimum absolute atomic E-state index is 0.779. The molecule has 0 aliphatic carbocycles. The Labute approximate surface area is 151 Å². The maximum absolute atomic E-state index is 5.83. The Morgan fingerprint density at radius 3 is 2.48 bits per heavy atom. The number of hydrogen-bond donors (Lipinski definition) is 1. The molecule has 2 nitrogen and oxygen atoms in total. The Kier molecular flexibility index (Phi) is 5.88. The highest BCUT2D eigenvalue weighted by molar-refractivity contribution is 6.32. The van der Waals surface area contributed by atoms with Gasteiger partial charge in [-0.05, 0) is 49.9 Å². The summed E-state index contributed by atoms with van der Waals surface area (Å²) < 4.78 is 0. The zero-order chi connectivity index (χ0) is 17.6. The number of unbranched alkanes of at least 4 members (excludes halogenated alkanes) is 3. The van der Waals surface area contributed by atoms with Crippen LogP contribution in [0.1, 0.15) is 36.8 Å². The molecule has 0 saturated heterocycles. The topological polar surface area (TPSA) is 38.9 Å². The molecular formula is C22H25BN2. The van der Waals surface area contributed by atoms with E-state index in [1.807, 2.05) is 24.3 Å². The number of nitrogens with two attached hydrogens (primary N) is 1. The van der Waals surface area contributed by atoms with Crippen LogP contribution in [0.15, 0.2) is 48.5 Å². The molecule has 0 bridgehead atoms. The van der Waals surface area contributed by atoms with Gasteiger partial charge in [0, 0.05) is 10.9 Å². The monoisotopic (exact) mass is 328 g/mol. The van der Waals surface area contributed by atoms with Crippen LogP contribution in [-0.4, -0.2) is 19.4 Å². The van der Waals surface area contributed by atoms with Gasteiger partial charge in [-0.15, -0.1) is 0 Å². The molecule has 126 valence electrons. The third-order valence-electron chi connectivity index (χ3n) is 4.73. The van der Waals surface area contributed by atoms with E-state index in [9.17, 15) is 0 Å². The zero-order valence-electron chi connectivity index (χ0n) is 15.0. The maximum Gasteiger partial charge on any atom is 0.113 e. The van der Waals surface area contributed by atoms with E-state index in [2.05, 4.69) is 31.2 Å². The number of rotatable bonds is 7. The standard InChI is InChI=1S/C22H25BN2/c1-16-7-6-9-20-18(8-4-2-3-5-14-24)15-21(25-22(16)20)17-10-12-19(23)13-11-17/h6-7,9-13,15H,2-5,8,14,24H2,1H3. The average molecular weight is 328 g/mol. The van der Waals surface area contributed by atoms with Gasteiger partial charge in [0.15, 0.2) is 0 Å². The predicted octanol–water partition coefficient (Wildman–Crippen LogP) is 4.07. The van der Waals surface area contributed by atoms with Crippen LogP contribution in [0.2, 0.25) is 0 Å². The van der Waals surface area contributed by atoms with Crippen molar-refractivity contribution in [3.63, 3.8) is 0 Å². The maximum atomic E-state index is 5.83. The van der Waals surface area contributed by atoms with E-state index in [1.54, 1.807) is 0 Å². The van der Waals surface area contributed by atoms with Crippen molar-refractivity contribution in [2.24, 2.45) is 5.73 Å². The fourth-order valence-electron chi connectivity index (χ4n) is 3.28.